The van der Waals surface area contributed by atoms with Crippen LogP contribution in [0.5, 0.6) is 0 Å². The fraction of sp³-hybridized carbons (Fsp3) is 0. The molecule has 0 aliphatic carbocycles. The Balaban J connectivity index is 0.921. The smallest absolute Gasteiger partial charge is 0.160 e. The zero-order valence-electron chi connectivity index (χ0n) is 34.2. The van der Waals surface area contributed by atoms with Gasteiger partial charge in [-0.05, 0) is 101 Å². The first kappa shape index (κ1) is 36.8. The number of nitrogens with zero attached hydrogens (tertiary/aromatic N) is 2. The van der Waals surface area contributed by atoms with Gasteiger partial charge in [0.2, 0.25) is 0 Å². The molecule has 0 amide bonds. The van der Waals surface area contributed by atoms with Crippen molar-refractivity contribution in [1.82, 2.24) is 9.97 Å². The number of aromatic nitrogens is 2. The highest BCUT2D eigenvalue weighted by atomic mass is 32.1. The van der Waals surface area contributed by atoms with Gasteiger partial charge < -0.3 is 0 Å². The number of hydrogen-bond donors (Lipinski definition) is 0. The fourth-order valence-electron chi connectivity index (χ4n) is 9.24. The van der Waals surface area contributed by atoms with E-state index < -0.39 is 0 Å². The second-order valence-electron chi connectivity index (χ2n) is 16.1. The highest BCUT2D eigenvalue weighted by molar-refractivity contribution is 7.22. The molecular formula is C60H38N2S. The minimum absolute atomic E-state index is 0.708. The second kappa shape index (κ2) is 15.5. The lowest BCUT2D eigenvalue weighted by Gasteiger charge is -2.19. The first-order chi connectivity index (χ1) is 31.2. The molecule has 294 valence electrons. The lowest BCUT2D eigenvalue weighted by atomic mass is 9.84. The predicted octanol–water partition coefficient (Wildman–Crippen LogP) is 16.8. The lowest BCUT2D eigenvalue weighted by molar-refractivity contribution is 1.18. The summed E-state index contributed by atoms with van der Waals surface area (Å²) in [7, 11) is 0. The topological polar surface area (TPSA) is 25.8 Å². The number of hydrogen-bond acceptors (Lipinski definition) is 3. The van der Waals surface area contributed by atoms with Gasteiger partial charge in [0.05, 0.1) is 11.4 Å². The number of benzene rings is 10. The monoisotopic (exact) mass is 818 g/mol. The summed E-state index contributed by atoms with van der Waals surface area (Å²) < 4.78 is 1.29. The minimum Gasteiger partial charge on any atom is -0.228 e. The van der Waals surface area contributed by atoms with Crippen molar-refractivity contribution in [2.75, 3.05) is 0 Å². The highest BCUT2D eigenvalue weighted by Gasteiger charge is 2.19. The summed E-state index contributed by atoms with van der Waals surface area (Å²) in [6.07, 6.45) is 0. The molecule has 63 heavy (non-hydrogen) atoms. The molecule has 0 saturated heterocycles. The fourth-order valence-corrected chi connectivity index (χ4v) is 10.3. The SMILES string of the molecule is c1ccc(-c2nc(-c3ccc(-c4ccc(-c5c6ccccc6c(-c6ccccc6)c6c5ccc5ccccc56)cc4)cc3)cc(-c3cccc(-c4cc5ccccc5s4)c3)n2)cc1. The Morgan fingerprint density at radius 1 is 0.286 bits per heavy atom. The van der Waals surface area contributed by atoms with Crippen LogP contribution in [0.25, 0.3) is 120 Å². The zero-order valence-corrected chi connectivity index (χ0v) is 35.1. The predicted molar refractivity (Wildman–Crippen MR) is 268 cm³/mol. The third kappa shape index (κ3) is 6.67. The van der Waals surface area contributed by atoms with Gasteiger partial charge in [-0.1, -0.05) is 206 Å². The Morgan fingerprint density at radius 3 is 1.52 bits per heavy atom. The van der Waals surface area contributed by atoms with Gasteiger partial charge in [0.15, 0.2) is 5.82 Å². The van der Waals surface area contributed by atoms with Crippen LogP contribution in [0, 0.1) is 0 Å². The van der Waals surface area contributed by atoms with Crippen LogP contribution in [-0.4, -0.2) is 9.97 Å². The molecule has 10 aromatic carbocycles. The summed E-state index contributed by atoms with van der Waals surface area (Å²) in [5.41, 5.74) is 13.3. The van der Waals surface area contributed by atoms with Crippen molar-refractivity contribution in [2.24, 2.45) is 0 Å². The van der Waals surface area contributed by atoms with E-state index in [4.69, 9.17) is 9.97 Å². The number of fused-ring (bicyclic) bond motifs is 5. The molecule has 0 spiro atoms. The summed E-state index contributed by atoms with van der Waals surface area (Å²) in [5, 5.41) is 8.84. The average Bonchev–Trinajstić information content (AvgIpc) is 3.81. The van der Waals surface area contributed by atoms with E-state index in [1.165, 1.54) is 75.1 Å². The first-order valence-electron chi connectivity index (χ1n) is 21.4. The zero-order chi connectivity index (χ0) is 41.7. The van der Waals surface area contributed by atoms with Gasteiger partial charge >= 0.3 is 0 Å². The maximum Gasteiger partial charge on any atom is 0.160 e. The lowest BCUT2D eigenvalue weighted by Crippen LogP contribution is -1.96. The normalized spacial score (nSPS) is 11.5. The molecule has 0 bridgehead atoms. The standard InChI is InChI=1S/C60H38N2S/c1-3-15-43(16-4-1)58-51-24-11-10-23-50(51)57(52-35-34-41-14-7-9-22-49(41)59(52)58)44-32-28-40(29-33-44)39-26-30-42(31-27-39)53-38-54(62-60(61-53)45-17-5-2-6-18-45)46-20-13-21-47(36-46)56-37-48-19-8-12-25-55(48)63-56/h1-38H. The third-order valence-electron chi connectivity index (χ3n) is 12.3. The van der Waals surface area contributed by atoms with Crippen molar-refractivity contribution in [2.45, 2.75) is 0 Å². The maximum atomic E-state index is 5.14. The molecule has 0 atom stereocenters. The Labute approximate surface area is 370 Å². The van der Waals surface area contributed by atoms with E-state index in [0.29, 0.717) is 5.82 Å². The van der Waals surface area contributed by atoms with E-state index in [9.17, 15) is 0 Å². The van der Waals surface area contributed by atoms with E-state index >= 15 is 0 Å². The first-order valence-corrected chi connectivity index (χ1v) is 22.2. The summed E-state index contributed by atoms with van der Waals surface area (Å²) >= 11 is 1.82. The Hall–Kier alpha value is -7.98. The van der Waals surface area contributed by atoms with Crippen LogP contribution >= 0.6 is 11.3 Å². The van der Waals surface area contributed by atoms with E-state index in [1.54, 1.807) is 0 Å². The molecule has 12 aromatic rings. The van der Waals surface area contributed by atoms with E-state index in [1.807, 2.05) is 29.5 Å². The van der Waals surface area contributed by atoms with Crippen LogP contribution in [0.15, 0.2) is 231 Å². The summed E-state index contributed by atoms with van der Waals surface area (Å²) in [5.74, 6) is 0.708. The summed E-state index contributed by atoms with van der Waals surface area (Å²) in [6.45, 7) is 0. The van der Waals surface area contributed by atoms with Gasteiger partial charge in [-0.2, -0.15) is 0 Å². The molecule has 3 heteroatoms. The molecule has 0 radical (unpaired) electrons. The van der Waals surface area contributed by atoms with Gasteiger partial charge in [-0.25, -0.2) is 9.97 Å². The molecular weight excluding hydrogens is 781 g/mol. The van der Waals surface area contributed by atoms with Crippen molar-refractivity contribution < 1.29 is 0 Å². The van der Waals surface area contributed by atoms with Crippen molar-refractivity contribution >= 4 is 53.7 Å². The van der Waals surface area contributed by atoms with Crippen LogP contribution in [0.4, 0.5) is 0 Å². The van der Waals surface area contributed by atoms with Crippen molar-refractivity contribution in [1.29, 1.82) is 0 Å². The molecule has 0 aliphatic rings. The van der Waals surface area contributed by atoms with Gasteiger partial charge in [-0.3, -0.25) is 0 Å². The molecule has 2 heterocycles. The molecule has 2 nitrogen and oxygen atoms in total. The molecule has 0 unspecified atom stereocenters. The van der Waals surface area contributed by atoms with Crippen LogP contribution in [0.2, 0.25) is 0 Å². The Bertz CT molecular complexity index is 3610. The van der Waals surface area contributed by atoms with Gasteiger partial charge in [-0.15, -0.1) is 11.3 Å². The van der Waals surface area contributed by atoms with Crippen LogP contribution in [-0.2, 0) is 0 Å². The summed E-state index contributed by atoms with van der Waals surface area (Å²) in [4.78, 5) is 11.5. The van der Waals surface area contributed by atoms with Gasteiger partial charge in [0, 0.05) is 26.3 Å². The minimum atomic E-state index is 0.708. The molecule has 2 aromatic heterocycles. The molecule has 0 aliphatic heterocycles. The Kier molecular flexibility index (Phi) is 9.06. The van der Waals surface area contributed by atoms with Crippen LogP contribution in [0.1, 0.15) is 0 Å². The molecule has 0 fully saturated rings. The largest absolute Gasteiger partial charge is 0.228 e. The molecule has 0 saturated carbocycles. The molecule has 0 N–H and O–H groups in total. The van der Waals surface area contributed by atoms with Crippen LogP contribution in [0.3, 0.4) is 0 Å². The van der Waals surface area contributed by atoms with E-state index in [2.05, 4.69) is 212 Å². The van der Waals surface area contributed by atoms with E-state index in [-0.39, 0.29) is 0 Å². The Morgan fingerprint density at radius 2 is 0.810 bits per heavy atom. The van der Waals surface area contributed by atoms with Gasteiger partial charge in [0.1, 0.15) is 0 Å². The second-order valence-corrected chi connectivity index (χ2v) is 17.2. The van der Waals surface area contributed by atoms with E-state index in [0.717, 1.165) is 39.2 Å². The van der Waals surface area contributed by atoms with Crippen molar-refractivity contribution in [3.63, 3.8) is 0 Å². The third-order valence-corrected chi connectivity index (χ3v) is 13.5. The van der Waals surface area contributed by atoms with Crippen molar-refractivity contribution in [3.05, 3.63) is 231 Å². The molecule has 12 rings (SSSR count). The summed E-state index contributed by atoms with van der Waals surface area (Å²) in [6, 6.07) is 83.0. The van der Waals surface area contributed by atoms with Gasteiger partial charge in [0.25, 0.3) is 0 Å². The maximum absolute atomic E-state index is 5.14. The van der Waals surface area contributed by atoms with Crippen molar-refractivity contribution in [3.8, 4) is 77.7 Å². The highest BCUT2D eigenvalue weighted by Crippen LogP contribution is 2.46. The number of rotatable bonds is 7. The number of thiophene rings is 1. The van der Waals surface area contributed by atoms with Crippen LogP contribution < -0.4 is 0 Å². The quantitative estimate of drug-likeness (QED) is 0.118. The average molecular weight is 819 g/mol.